The van der Waals surface area contributed by atoms with Gasteiger partial charge in [0.05, 0.1) is 36.4 Å². The second-order valence-electron chi connectivity index (χ2n) is 5.50. The Morgan fingerprint density at radius 3 is 2.73 bits per heavy atom. The first-order valence-corrected chi connectivity index (χ1v) is 7.22. The topological polar surface area (TPSA) is 79.1 Å². The summed E-state index contributed by atoms with van der Waals surface area (Å²) in [5.74, 6) is 2.44. The Kier molecular flexibility index (Phi) is 3.62. The molecule has 2 aromatic heterocycles. The summed E-state index contributed by atoms with van der Waals surface area (Å²) in [6, 6.07) is 5.69. The minimum absolute atomic E-state index is 0.168. The van der Waals surface area contributed by atoms with E-state index >= 15 is 0 Å². The molecule has 0 aliphatic heterocycles. The Morgan fingerprint density at radius 1 is 1.36 bits per heavy atom. The molecule has 0 saturated carbocycles. The first-order chi connectivity index (χ1) is 10.5. The van der Waals surface area contributed by atoms with Crippen molar-refractivity contribution < 1.29 is 9.26 Å². The van der Waals surface area contributed by atoms with E-state index in [4.69, 9.17) is 15.0 Å². The van der Waals surface area contributed by atoms with Crippen molar-refractivity contribution in [3.63, 3.8) is 0 Å². The monoisotopic (exact) mass is 300 g/mol. The number of ether oxygens (including phenoxy) is 1. The van der Waals surface area contributed by atoms with Crippen LogP contribution in [0.4, 0.5) is 0 Å². The first-order valence-electron chi connectivity index (χ1n) is 7.22. The summed E-state index contributed by atoms with van der Waals surface area (Å²) in [6.07, 6.45) is 0. The normalized spacial score (nSPS) is 12.8. The van der Waals surface area contributed by atoms with E-state index in [1.54, 1.807) is 7.11 Å². The molecule has 2 N–H and O–H groups in total. The molecule has 2 heterocycles. The molecule has 0 saturated heterocycles. The van der Waals surface area contributed by atoms with Crippen LogP contribution in [0.1, 0.15) is 35.8 Å². The van der Waals surface area contributed by atoms with E-state index in [0.29, 0.717) is 6.54 Å². The summed E-state index contributed by atoms with van der Waals surface area (Å²) >= 11 is 0. The van der Waals surface area contributed by atoms with Gasteiger partial charge >= 0.3 is 0 Å². The van der Waals surface area contributed by atoms with Crippen molar-refractivity contribution in [2.45, 2.75) is 33.4 Å². The van der Waals surface area contributed by atoms with Crippen molar-refractivity contribution in [3.05, 3.63) is 41.0 Å². The fourth-order valence-corrected chi connectivity index (χ4v) is 2.65. The molecule has 1 atom stereocenters. The largest absolute Gasteiger partial charge is 0.497 e. The quantitative estimate of drug-likeness (QED) is 0.801. The van der Waals surface area contributed by atoms with Crippen LogP contribution < -0.4 is 10.5 Å². The smallest absolute Gasteiger partial charge is 0.138 e. The summed E-state index contributed by atoms with van der Waals surface area (Å²) in [6.45, 7) is 6.44. The third kappa shape index (κ3) is 2.35. The molecule has 0 amide bonds. The van der Waals surface area contributed by atoms with Crippen LogP contribution in [0, 0.1) is 13.8 Å². The first kappa shape index (κ1) is 14.6. The summed E-state index contributed by atoms with van der Waals surface area (Å²) < 4.78 is 12.6. The van der Waals surface area contributed by atoms with Gasteiger partial charge in [-0.05, 0) is 32.9 Å². The predicted molar refractivity (Wildman–Crippen MR) is 84.0 cm³/mol. The Morgan fingerprint density at radius 2 is 2.14 bits per heavy atom. The number of fused-ring (bicyclic) bond motifs is 1. The Balaban J connectivity index is 2.16. The molecule has 0 bridgehead atoms. The second kappa shape index (κ2) is 5.46. The third-order valence-electron chi connectivity index (χ3n) is 3.89. The molecule has 22 heavy (non-hydrogen) atoms. The van der Waals surface area contributed by atoms with Gasteiger partial charge in [-0.2, -0.15) is 0 Å². The maximum atomic E-state index is 6.10. The highest BCUT2D eigenvalue weighted by Gasteiger charge is 2.18. The van der Waals surface area contributed by atoms with Crippen LogP contribution in [-0.2, 0) is 6.54 Å². The number of aromatic nitrogens is 3. The Labute approximate surface area is 128 Å². The highest BCUT2D eigenvalue weighted by atomic mass is 16.5. The number of hydrogen-bond donors (Lipinski definition) is 1. The summed E-state index contributed by atoms with van der Waals surface area (Å²) in [7, 11) is 1.65. The molecule has 6 nitrogen and oxygen atoms in total. The van der Waals surface area contributed by atoms with E-state index in [9.17, 15) is 0 Å². The van der Waals surface area contributed by atoms with Crippen LogP contribution in [0.5, 0.6) is 5.75 Å². The van der Waals surface area contributed by atoms with Crippen molar-refractivity contribution in [1.29, 1.82) is 0 Å². The maximum Gasteiger partial charge on any atom is 0.138 e. The van der Waals surface area contributed by atoms with Crippen molar-refractivity contribution in [2.24, 2.45) is 5.73 Å². The molecule has 0 radical (unpaired) electrons. The van der Waals surface area contributed by atoms with E-state index in [1.165, 1.54) is 0 Å². The van der Waals surface area contributed by atoms with E-state index in [2.05, 4.69) is 14.7 Å². The minimum atomic E-state index is -0.168. The SMILES string of the molecule is COc1ccc2c(c1)nc(C(C)N)n2Cc1c(C)noc1C. The fourth-order valence-electron chi connectivity index (χ4n) is 2.65. The van der Waals surface area contributed by atoms with Gasteiger partial charge in [0.25, 0.3) is 0 Å². The van der Waals surface area contributed by atoms with Crippen LogP contribution in [0.3, 0.4) is 0 Å². The summed E-state index contributed by atoms with van der Waals surface area (Å²) in [4.78, 5) is 4.67. The summed E-state index contributed by atoms with van der Waals surface area (Å²) in [5, 5.41) is 4.02. The molecule has 3 rings (SSSR count). The standard InChI is InChI=1S/C16H20N4O2/c1-9(17)16-18-14-7-12(21-4)5-6-15(14)20(16)8-13-10(2)19-22-11(13)3/h5-7,9H,8,17H2,1-4H3. The number of aryl methyl sites for hydroxylation is 2. The Hall–Kier alpha value is -2.34. The zero-order valence-electron chi connectivity index (χ0n) is 13.3. The molecule has 1 unspecified atom stereocenters. The number of nitrogens with zero attached hydrogens (tertiary/aromatic N) is 3. The lowest BCUT2D eigenvalue weighted by molar-refractivity contribution is 0.392. The minimum Gasteiger partial charge on any atom is -0.497 e. The zero-order valence-corrected chi connectivity index (χ0v) is 13.3. The van der Waals surface area contributed by atoms with Gasteiger partial charge in [0.1, 0.15) is 17.3 Å². The average molecular weight is 300 g/mol. The van der Waals surface area contributed by atoms with Gasteiger partial charge in [0.2, 0.25) is 0 Å². The van der Waals surface area contributed by atoms with Gasteiger partial charge in [0.15, 0.2) is 0 Å². The predicted octanol–water partition coefficient (Wildman–Crippen LogP) is 2.72. The lowest BCUT2D eigenvalue weighted by Crippen LogP contribution is -2.14. The van der Waals surface area contributed by atoms with E-state index in [-0.39, 0.29) is 6.04 Å². The average Bonchev–Trinajstić information content (AvgIpc) is 3.02. The van der Waals surface area contributed by atoms with Gasteiger partial charge in [0, 0.05) is 11.6 Å². The van der Waals surface area contributed by atoms with Gasteiger partial charge in [-0.15, -0.1) is 0 Å². The summed E-state index contributed by atoms with van der Waals surface area (Å²) in [5.41, 5.74) is 9.95. The van der Waals surface area contributed by atoms with Gasteiger partial charge in [-0.3, -0.25) is 0 Å². The number of hydrogen-bond acceptors (Lipinski definition) is 5. The van der Waals surface area contributed by atoms with Gasteiger partial charge in [-0.25, -0.2) is 4.98 Å². The van der Waals surface area contributed by atoms with Crippen molar-refractivity contribution in [3.8, 4) is 5.75 Å². The van der Waals surface area contributed by atoms with E-state index in [1.807, 2.05) is 39.0 Å². The van der Waals surface area contributed by atoms with E-state index < -0.39 is 0 Å². The third-order valence-corrected chi connectivity index (χ3v) is 3.89. The number of rotatable bonds is 4. The van der Waals surface area contributed by atoms with Crippen LogP contribution in [0.2, 0.25) is 0 Å². The van der Waals surface area contributed by atoms with Crippen LogP contribution in [0.15, 0.2) is 22.7 Å². The highest BCUT2D eigenvalue weighted by Crippen LogP contribution is 2.26. The molecule has 1 aromatic carbocycles. The zero-order chi connectivity index (χ0) is 15.9. The van der Waals surface area contributed by atoms with Crippen molar-refractivity contribution >= 4 is 11.0 Å². The molecule has 0 spiro atoms. The molecule has 0 fully saturated rings. The van der Waals surface area contributed by atoms with Gasteiger partial charge < -0.3 is 19.6 Å². The maximum absolute atomic E-state index is 6.10. The molecule has 3 aromatic rings. The molecular formula is C16H20N4O2. The number of benzene rings is 1. The number of methoxy groups -OCH3 is 1. The second-order valence-corrected chi connectivity index (χ2v) is 5.50. The highest BCUT2D eigenvalue weighted by molar-refractivity contribution is 5.78. The molecule has 0 aliphatic carbocycles. The molecule has 116 valence electrons. The molecule has 6 heteroatoms. The fraction of sp³-hybridized carbons (Fsp3) is 0.375. The lowest BCUT2D eigenvalue weighted by atomic mass is 10.2. The van der Waals surface area contributed by atoms with Crippen LogP contribution in [0.25, 0.3) is 11.0 Å². The van der Waals surface area contributed by atoms with Crippen LogP contribution >= 0.6 is 0 Å². The van der Waals surface area contributed by atoms with Crippen LogP contribution in [-0.4, -0.2) is 21.8 Å². The molecular weight excluding hydrogens is 280 g/mol. The van der Waals surface area contributed by atoms with E-state index in [0.717, 1.165) is 39.6 Å². The number of imidazole rings is 1. The Bertz CT molecular complexity index is 798. The van der Waals surface area contributed by atoms with Crippen molar-refractivity contribution in [1.82, 2.24) is 14.7 Å². The van der Waals surface area contributed by atoms with Crippen molar-refractivity contribution in [2.75, 3.05) is 7.11 Å². The molecule has 0 aliphatic rings. The lowest BCUT2D eigenvalue weighted by Gasteiger charge is -2.11. The number of nitrogens with two attached hydrogens (primary N) is 1. The van der Waals surface area contributed by atoms with Gasteiger partial charge in [-0.1, -0.05) is 5.16 Å².